The molecule has 1 aromatic heterocycles. The first kappa shape index (κ1) is 11.8. The minimum Gasteiger partial charge on any atom is -0.308 e. The molecule has 5 heteroatoms. The summed E-state index contributed by atoms with van der Waals surface area (Å²) in [5.41, 5.74) is 0.322. The smallest absolute Gasteiger partial charge is 0.287 e. The van der Waals surface area contributed by atoms with Gasteiger partial charge in [-0.05, 0) is 24.6 Å². The summed E-state index contributed by atoms with van der Waals surface area (Å²) in [6.45, 7) is 1.47. The molecule has 3 nitrogen and oxygen atoms in total. The second kappa shape index (κ2) is 4.67. The van der Waals surface area contributed by atoms with E-state index in [9.17, 15) is 9.18 Å². The first-order chi connectivity index (χ1) is 8.06. The molecule has 0 aliphatic heterocycles. The number of hydrogen-bond acceptors (Lipinski definition) is 2. The molecule has 0 saturated heterocycles. The highest BCUT2D eigenvalue weighted by molar-refractivity contribution is 6.30. The van der Waals surface area contributed by atoms with Crippen LogP contribution in [0.3, 0.4) is 0 Å². The van der Waals surface area contributed by atoms with Gasteiger partial charge in [-0.3, -0.25) is 4.79 Å². The number of nitrogens with one attached hydrogen (secondary N) is 1. The van der Waals surface area contributed by atoms with E-state index in [0.29, 0.717) is 17.3 Å². The van der Waals surface area contributed by atoms with Crippen molar-refractivity contribution in [1.29, 1.82) is 0 Å². The highest BCUT2D eigenvalue weighted by Crippen LogP contribution is 2.11. The summed E-state index contributed by atoms with van der Waals surface area (Å²) in [7, 11) is 0. The molecule has 1 N–H and O–H groups in total. The van der Waals surface area contributed by atoms with Crippen molar-refractivity contribution in [3.05, 3.63) is 62.5 Å². The lowest BCUT2D eigenvalue weighted by Gasteiger charge is -2.03. The maximum atomic E-state index is 13.1. The lowest BCUT2D eigenvalue weighted by atomic mass is 10.1. The molecule has 1 aromatic carbocycles. The van der Waals surface area contributed by atoms with Crippen LogP contribution in [0.15, 0.2) is 29.1 Å². The third kappa shape index (κ3) is 2.71. The molecule has 0 bridgehead atoms. The van der Waals surface area contributed by atoms with Crippen molar-refractivity contribution < 1.29 is 4.39 Å². The van der Waals surface area contributed by atoms with E-state index in [1.807, 2.05) is 12.1 Å². The summed E-state index contributed by atoms with van der Waals surface area (Å²) >= 11 is 5.76. The van der Waals surface area contributed by atoms with E-state index in [0.717, 1.165) is 5.56 Å². The van der Waals surface area contributed by atoms with Gasteiger partial charge in [0, 0.05) is 11.4 Å². The summed E-state index contributed by atoms with van der Waals surface area (Å²) < 4.78 is 13.1. The van der Waals surface area contributed by atoms with Crippen LogP contribution in [0.4, 0.5) is 4.39 Å². The Morgan fingerprint density at radius 2 is 2.00 bits per heavy atom. The van der Waals surface area contributed by atoms with E-state index in [-0.39, 0.29) is 5.69 Å². The number of aromatic nitrogens is 2. The van der Waals surface area contributed by atoms with Gasteiger partial charge in [0.05, 0.1) is 5.69 Å². The number of aromatic amines is 1. The normalized spacial score (nSPS) is 10.5. The van der Waals surface area contributed by atoms with Gasteiger partial charge in [0.15, 0.2) is 0 Å². The third-order valence-electron chi connectivity index (χ3n) is 2.36. The molecular weight excluding hydrogens is 243 g/mol. The summed E-state index contributed by atoms with van der Waals surface area (Å²) in [6.07, 6.45) is 0.438. The molecule has 0 saturated carbocycles. The molecule has 0 aliphatic rings. The van der Waals surface area contributed by atoms with Gasteiger partial charge in [0.25, 0.3) is 5.56 Å². The Balaban J connectivity index is 2.30. The highest BCUT2D eigenvalue weighted by Gasteiger charge is 2.07. The van der Waals surface area contributed by atoms with Crippen LogP contribution >= 0.6 is 11.6 Å². The Morgan fingerprint density at radius 1 is 1.35 bits per heavy atom. The lowest BCUT2D eigenvalue weighted by molar-refractivity contribution is 0.583. The number of hydrogen-bond donors (Lipinski definition) is 1. The minimum absolute atomic E-state index is 0.109. The van der Waals surface area contributed by atoms with Crippen LogP contribution in [0, 0.1) is 12.7 Å². The zero-order chi connectivity index (χ0) is 12.4. The van der Waals surface area contributed by atoms with Crippen LogP contribution in [-0.2, 0) is 6.42 Å². The number of nitrogens with zero attached hydrogens (tertiary/aromatic N) is 1. The molecule has 0 radical (unpaired) electrons. The number of benzene rings is 1. The topological polar surface area (TPSA) is 45.8 Å². The van der Waals surface area contributed by atoms with E-state index in [2.05, 4.69) is 9.97 Å². The van der Waals surface area contributed by atoms with Gasteiger partial charge in [-0.15, -0.1) is 0 Å². The van der Waals surface area contributed by atoms with Gasteiger partial charge < -0.3 is 4.98 Å². The lowest BCUT2D eigenvalue weighted by Crippen LogP contribution is -2.17. The third-order valence-corrected chi connectivity index (χ3v) is 2.61. The Morgan fingerprint density at radius 3 is 2.59 bits per heavy atom. The average Bonchev–Trinajstić information content (AvgIpc) is 2.29. The second-order valence-electron chi connectivity index (χ2n) is 3.72. The maximum absolute atomic E-state index is 13.1. The maximum Gasteiger partial charge on any atom is 0.287 e. The monoisotopic (exact) mass is 252 g/mol. The minimum atomic E-state index is -0.829. The molecule has 0 unspecified atom stereocenters. The van der Waals surface area contributed by atoms with Crippen molar-refractivity contribution in [2.45, 2.75) is 13.3 Å². The molecule has 0 aliphatic carbocycles. The van der Waals surface area contributed by atoms with Crippen molar-refractivity contribution in [1.82, 2.24) is 9.97 Å². The molecule has 0 fully saturated rings. The Hall–Kier alpha value is -1.68. The molecular formula is C12H10ClFN2O. The fourth-order valence-electron chi connectivity index (χ4n) is 1.51. The highest BCUT2D eigenvalue weighted by atomic mass is 35.5. The fraction of sp³-hybridized carbons (Fsp3) is 0.167. The van der Waals surface area contributed by atoms with Gasteiger partial charge in [0.2, 0.25) is 5.82 Å². The number of H-pyrrole nitrogens is 1. The second-order valence-corrected chi connectivity index (χ2v) is 4.15. The van der Waals surface area contributed by atoms with E-state index in [1.165, 1.54) is 6.92 Å². The molecule has 0 spiro atoms. The van der Waals surface area contributed by atoms with Crippen molar-refractivity contribution in [2.75, 3.05) is 0 Å². The standard InChI is InChI=1S/C12H10ClFN2O/c1-7-11(14)12(17)16-10(15-7)6-8-2-4-9(13)5-3-8/h2-5H,6H2,1H3,(H,15,16,17). The van der Waals surface area contributed by atoms with Crippen molar-refractivity contribution in [3.63, 3.8) is 0 Å². The van der Waals surface area contributed by atoms with Crippen LogP contribution in [0.1, 0.15) is 17.1 Å². The van der Waals surface area contributed by atoms with E-state index in [4.69, 9.17) is 11.6 Å². The number of aryl methyl sites for hydroxylation is 1. The van der Waals surface area contributed by atoms with Crippen molar-refractivity contribution in [3.8, 4) is 0 Å². The van der Waals surface area contributed by atoms with E-state index >= 15 is 0 Å². The van der Waals surface area contributed by atoms with Crippen LogP contribution in [0.2, 0.25) is 5.02 Å². The summed E-state index contributed by atoms with van der Waals surface area (Å²) in [5.74, 6) is -0.388. The van der Waals surface area contributed by atoms with Gasteiger partial charge >= 0.3 is 0 Å². The largest absolute Gasteiger partial charge is 0.308 e. The van der Waals surface area contributed by atoms with E-state index < -0.39 is 11.4 Å². The summed E-state index contributed by atoms with van der Waals surface area (Å²) in [5, 5.41) is 0.644. The Labute approximate surface area is 102 Å². The predicted octanol–water partition coefficient (Wildman–Crippen LogP) is 2.46. The van der Waals surface area contributed by atoms with Crippen molar-refractivity contribution >= 4 is 11.6 Å². The van der Waals surface area contributed by atoms with Gasteiger partial charge in [-0.2, -0.15) is 4.39 Å². The Bertz CT molecular complexity index is 592. The number of rotatable bonds is 2. The first-order valence-corrected chi connectivity index (χ1v) is 5.44. The molecule has 0 atom stereocenters. The molecule has 1 heterocycles. The first-order valence-electron chi connectivity index (χ1n) is 5.06. The summed E-state index contributed by atoms with van der Waals surface area (Å²) in [4.78, 5) is 17.6. The van der Waals surface area contributed by atoms with Gasteiger partial charge in [0.1, 0.15) is 5.82 Å². The molecule has 17 heavy (non-hydrogen) atoms. The zero-order valence-electron chi connectivity index (χ0n) is 9.13. The van der Waals surface area contributed by atoms with Crippen LogP contribution in [-0.4, -0.2) is 9.97 Å². The fourth-order valence-corrected chi connectivity index (χ4v) is 1.64. The van der Waals surface area contributed by atoms with Crippen LogP contribution in [0.5, 0.6) is 0 Å². The Kier molecular flexibility index (Phi) is 3.24. The van der Waals surface area contributed by atoms with Crippen LogP contribution < -0.4 is 5.56 Å². The SMILES string of the molecule is Cc1nc(Cc2ccc(Cl)cc2)[nH]c(=O)c1F. The molecule has 0 amide bonds. The summed E-state index contributed by atoms with van der Waals surface area (Å²) in [6, 6.07) is 7.18. The molecule has 2 rings (SSSR count). The molecule has 2 aromatic rings. The van der Waals surface area contributed by atoms with Gasteiger partial charge in [-0.25, -0.2) is 4.98 Å². The van der Waals surface area contributed by atoms with Crippen molar-refractivity contribution in [2.24, 2.45) is 0 Å². The number of halogens is 2. The zero-order valence-corrected chi connectivity index (χ0v) is 9.88. The quantitative estimate of drug-likeness (QED) is 0.892. The van der Waals surface area contributed by atoms with Crippen LogP contribution in [0.25, 0.3) is 0 Å². The molecule has 88 valence electrons. The van der Waals surface area contributed by atoms with Gasteiger partial charge in [-0.1, -0.05) is 23.7 Å². The predicted molar refractivity (Wildman–Crippen MR) is 63.8 cm³/mol. The average molecular weight is 253 g/mol. The van der Waals surface area contributed by atoms with E-state index in [1.54, 1.807) is 12.1 Å².